The number of hydrogen-bond donors (Lipinski definition) is 2. The van der Waals surface area contributed by atoms with Gasteiger partial charge in [-0.05, 0) is 44.0 Å². The number of nitrogens with zero attached hydrogens (tertiary/aromatic N) is 3. The van der Waals surface area contributed by atoms with Crippen molar-refractivity contribution in [2.24, 2.45) is 4.99 Å². The molecule has 0 saturated carbocycles. The number of guanidine groups is 1. The molecule has 0 aliphatic heterocycles. The van der Waals surface area contributed by atoms with Crippen LogP contribution in [0.3, 0.4) is 0 Å². The summed E-state index contributed by atoms with van der Waals surface area (Å²) in [6.07, 6.45) is 3.85. The molecule has 2 heterocycles. The number of nitrogens with one attached hydrogen (secondary N) is 2. The van der Waals surface area contributed by atoms with Gasteiger partial charge in [0.1, 0.15) is 5.82 Å². The minimum atomic E-state index is 0. The lowest BCUT2D eigenvalue weighted by Crippen LogP contribution is -2.36. The standard InChI is InChI=1S/C21H27N5S.HI/c1-4-22-21(25-14-20-9-8-16(2)27-20)24-13-18-6-5-7-19(12-18)15-26-11-10-23-17(26)3;/h5-12H,4,13-15H2,1-3H3,(H2,22,24,25);1H. The second-order valence-electron chi connectivity index (χ2n) is 6.48. The molecule has 2 aromatic heterocycles. The average molecular weight is 509 g/mol. The summed E-state index contributed by atoms with van der Waals surface area (Å²) < 4.78 is 2.15. The topological polar surface area (TPSA) is 54.2 Å². The highest BCUT2D eigenvalue weighted by Gasteiger charge is 2.03. The Morgan fingerprint density at radius 3 is 2.64 bits per heavy atom. The van der Waals surface area contributed by atoms with Crippen LogP contribution in [-0.2, 0) is 19.6 Å². The van der Waals surface area contributed by atoms with E-state index in [1.165, 1.54) is 20.9 Å². The van der Waals surface area contributed by atoms with Crippen molar-refractivity contribution in [2.45, 2.75) is 40.4 Å². The first-order chi connectivity index (χ1) is 13.1. The fourth-order valence-electron chi connectivity index (χ4n) is 2.86. The Balaban J connectivity index is 0.00000280. The smallest absolute Gasteiger partial charge is 0.191 e. The number of benzene rings is 1. The largest absolute Gasteiger partial charge is 0.357 e. The molecule has 0 spiro atoms. The first kappa shape index (κ1) is 22.4. The molecule has 5 nitrogen and oxygen atoms in total. The van der Waals surface area contributed by atoms with Crippen LogP contribution in [-0.4, -0.2) is 22.1 Å². The molecule has 1 aromatic carbocycles. The summed E-state index contributed by atoms with van der Waals surface area (Å²) in [5, 5.41) is 6.74. The first-order valence-corrected chi connectivity index (χ1v) is 10.1. The van der Waals surface area contributed by atoms with Gasteiger partial charge in [-0.1, -0.05) is 24.3 Å². The predicted molar refractivity (Wildman–Crippen MR) is 129 cm³/mol. The molecule has 0 aliphatic carbocycles. The van der Waals surface area contributed by atoms with E-state index in [2.05, 4.69) is 70.4 Å². The fourth-order valence-corrected chi connectivity index (χ4v) is 3.69. The van der Waals surface area contributed by atoms with Crippen molar-refractivity contribution >= 4 is 41.3 Å². The number of aromatic nitrogens is 2. The predicted octanol–water partition coefficient (Wildman–Crippen LogP) is 4.48. The molecule has 0 saturated heterocycles. The number of hydrogen-bond acceptors (Lipinski definition) is 3. The van der Waals surface area contributed by atoms with Crippen LogP contribution in [0.2, 0.25) is 0 Å². The van der Waals surface area contributed by atoms with Gasteiger partial charge in [-0.2, -0.15) is 0 Å². The number of aryl methyl sites for hydroxylation is 2. The number of aliphatic imine (C=N–C) groups is 1. The number of rotatable bonds is 7. The lowest BCUT2D eigenvalue weighted by atomic mass is 10.1. The molecule has 28 heavy (non-hydrogen) atoms. The summed E-state index contributed by atoms with van der Waals surface area (Å²) in [5.41, 5.74) is 2.46. The van der Waals surface area contributed by atoms with Crippen molar-refractivity contribution in [3.63, 3.8) is 0 Å². The Hall–Kier alpha value is -1.87. The molecule has 7 heteroatoms. The van der Waals surface area contributed by atoms with Crippen LogP contribution in [0.5, 0.6) is 0 Å². The highest BCUT2D eigenvalue weighted by molar-refractivity contribution is 14.0. The van der Waals surface area contributed by atoms with E-state index in [4.69, 9.17) is 4.99 Å². The number of thiophene rings is 1. The molecule has 0 atom stereocenters. The van der Waals surface area contributed by atoms with Crippen molar-refractivity contribution < 1.29 is 0 Å². The minimum Gasteiger partial charge on any atom is -0.357 e. The molecule has 150 valence electrons. The second kappa shape index (κ2) is 11.2. The Morgan fingerprint density at radius 2 is 1.96 bits per heavy atom. The monoisotopic (exact) mass is 509 g/mol. The van der Waals surface area contributed by atoms with Crippen LogP contribution in [0.4, 0.5) is 0 Å². The third-order valence-corrected chi connectivity index (χ3v) is 5.26. The lowest BCUT2D eigenvalue weighted by Gasteiger charge is -2.11. The van der Waals surface area contributed by atoms with E-state index in [9.17, 15) is 0 Å². The first-order valence-electron chi connectivity index (χ1n) is 9.27. The average Bonchev–Trinajstić information content (AvgIpc) is 3.26. The Labute approximate surface area is 188 Å². The van der Waals surface area contributed by atoms with Crippen LogP contribution in [0.15, 0.2) is 53.8 Å². The van der Waals surface area contributed by atoms with Gasteiger partial charge >= 0.3 is 0 Å². The molecule has 0 amide bonds. The third kappa shape index (κ3) is 6.63. The van der Waals surface area contributed by atoms with E-state index in [1.54, 1.807) is 0 Å². The van der Waals surface area contributed by atoms with Gasteiger partial charge in [0.15, 0.2) is 5.96 Å². The van der Waals surface area contributed by atoms with Gasteiger partial charge in [-0.15, -0.1) is 35.3 Å². The molecule has 0 unspecified atom stereocenters. The highest BCUT2D eigenvalue weighted by Crippen LogP contribution is 2.14. The van der Waals surface area contributed by atoms with Gasteiger partial charge in [-0.3, -0.25) is 0 Å². The molecular weight excluding hydrogens is 481 g/mol. The molecule has 0 radical (unpaired) electrons. The zero-order chi connectivity index (χ0) is 19.1. The van der Waals surface area contributed by atoms with Crippen molar-refractivity contribution in [1.29, 1.82) is 0 Å². The van der Waals surface area contributed by atoms with E-state index in [0.717, 1.165) is 31.4 Å². The number of imidazole rings is 1. The quantitative estimate of drug-likeness (QED) is 0.281. The summed E-state index contributed by atoms with van der Waals surface area (Å²) >= 11 is 1.81. The maximum atomic E-state index is 4.74. The van der Waals surface area contributed by atoms with Gasteiger partial charge in [0.05, 0.1) is 13.1 Å². The van der Waals surface area contributed by atoms with Crippen LogP contribution in [0.1, 0.15) is 33.6 Å². The van der Waals surface area contributed by atoms with Crippen LogP contribution >= 0.6 is 35.3 Å². The fraction of sp³-hybridized carbons (Fsp3) is 0.333. The molecule has 0 aliphatic rings. The van der Waals surface area contributed by atoms with Gasteiger partial charge in [0.25, 0.3) is 0 Å². The van der Waals surface area contributed by atoms with E-state index in [-0.39, 0.29) is 24.0 Å². The van der Waals surface area contributed by atoms with E-state index in [1.807, 2.05) is 30.7 Å². The van der Waals surface area contributed by atoms with Gasteiger partial charge in [0, 0.05) is 35.2 Å². The molecule has 3 rings (SSSR count). The molecular formula is C21H28IN5S. The normalized spacial score (nSPS) is 11.2. The third-order valence-electron chi connectivity index (χ3n) is 4.26. The SMILES string of the molecule is CCNC(=NCc1cccc(Cn2ccnc2C)c1)NCc1ccc(C)s1.I. The molecule has 0 fully saturated rings. The van der Waals surface area contributed by atoms with Crippen LogP contribution < -0.4 is 10.6 Å². The highest BCUT2D eigenvalue weighted by atomic mass is 127. The molecule has 0 bridgehead atoms. The number of halogens is 1. The van der Waals surface area contributed by atoms with E-state index in [0.29, 0.717) is 6.54 Å². The Kier molecular flexibility index (Phi) is 8.98. The second-order valence-corrected chi connectivity index (χ2v) is 7.86. The molecule has 3 aromatic rings. The van der Waals surface area contributed by atoms with Gasteiger partial charge in [-0.25, -0.2) is 9.98 Å². The lowest BCUT2D eigenvalue weighted by molar-refractivity contribution is 0.760. The van der Waals surface area contributed by atoms with Crippen molar-refractivity contribution in [2.75, 3.05) is 6.54 Å². The zero-order valence-electron chi connectivity index (χ0n) is 16.6. The zero-order valence-corrected chi connectivity index (χ0v) is 19.8. The van der Waals surface area contributed by atoms with Crippen LogP contribution in [0.25, 0.3) is 0 Å². The van der Waals surface area contributed by atoms with Gasteiger partial charge < -0.3 is 15.2 Å². The van der Waals surface area contributed by atoms with E-state index < -0.39 is 0 Å². The van der Waals surface area contributed by atoms with E-state index >= 15 is 0 Å². The summed E-state index contributed by atoms with van der Waals surface area (Å²) in [7, 11) is 0. The van der Waals surface area contributed by atoms with Crippen molar-refractivity contribution in [3.05, 3.63) is 75.5 Å². The maximum Gasteiger partial charge on any atom is 0.191 e. The van der Waals surface area contributed by atoms with Crippen LogP contribution in [0, 0.1) is 13.8 Å². The Bertz CT molecular complexity index is 900. The summed E-state index contributed by atoms with van der Waals surface area (Å²) in [5.74, 6) is 1.88. The maximum absolute atomic E-state index is 4.74. The molecule has 2 N–H and O–H groups in total. The minimum absolute atomic E-state index is 0. The summed E-state index contributed by atoms with van der Waals surface area (Å²) in [6.45, 7) is 9.36. The summed E-state index contributed by atoms with van der Waals surface area (Å²) in [4.78, 5) is 11.7. The van der Waals surface area contributed by atoms with Crippen molar-refractivity contribution in [1.82, 2.24) is 20.2 Å². The van der Waals surface area contributed by atoms with Gasteiger partial charge in [0.2, 0.25) is 0 Å². The summed E-state index contributed by atoms with van der Waals surface area (Å²) in [6, 6.07) is 12.9. The van der Waals surface area contributed by atoms with Crippen molar-refractivity contribution in [3.8, 4) is 0 Å². The Morgan fingerprint density at radius 1 is 1.14 bits per heavy atom.